The molecule has 1 heterocycles. The van der Waals surface area contributed by atoms with Crippen molar-refractivity contribution >= 4 is 23.8 Å². The van der Waals surface area contributed by atoms with Crippen LogP contribution in [0.5, 0.6) is 5.75 Å². The predicted octanol–water partition coefficient (Wildman–Crippen LogP) is 4.23. The zero-order valence-electron chi connectivity index (χ0n) is 17.1. The van der Waals surface area contributed by atoms with E-state index in [1.165, 1.54) is 18.9 Å². The van der Waals surface area contributed by atoms with Gasteiger partial charge in [-0.25, -0.2) is 4.39 Å². The summed E-state index contributed by atoms with van der Waals surface area (Å²) in [5, 5.41) is 2.40. The lowest BCUT2D eigenvalue weighted by molar-refractivity contribution is -0.136. The Morgan fingerprint density at radius 1 is 1.23 bits per heavy atom. The third-order valence-corrected chi connectivity index (χ3v) is 6.97. The third-order valence-electron chi connectivity index (χ3n) is 6.00. The van der Waals surface area contributed by atoms with Crippen molar-refractivity contribution in [3.63, 3.8) is 0 Å². The lowest BCUT2D eigenvalue weighted by atomic mass is 9.95. The number of hydrogen-bond donors (Lipinski definition) is 2. The molecule has 3 aliphatic rings. The number of nitrogens with one attached hydrogen (secondary N) is 2. The number of amides is 2. The average molecular weight is 433 g/mol. The Morgan fingerprint density at radius 3 is 2.80 bits per heavy atom. The number of carbonyl (C=O) groups is 2. The van der Waals surface area contributed by atoms with Gasteiger partial charge in [-0.1, -0.05) is 30.2 Å². The Morgan fingerprint density at radius 2 is 2.07 bits per heavy atom. The zero-order chi connectivity index (χ0) is 21.0. The zero-order valence-corrected chi connectivity index (χ0v) is 17.9. The minimum atomic E-state index is -0.288. The monoisotopic (exact) mass is 432 g/mol. The maximum Gasteiger partial charge on any atom is 0.229 e. The van der Waals surface area contributed by atoms with Gasteiger partial charge < -0.3 is 4.74 Å². The second-order valence-corrected chi connectivity index (χ2v) is 9.48. The number of piperidine rings is 1. The number of carbonyl (C=O) groups excluding carboxylic acids is 2. The Bertz CT molecular complexity index is 821. The van der Waals surface area contributed by atoms with Crippen molar-refractivity contribution in [3.8, 4) is 5.75 Å². The normalized spacial score (nSPS) is 22.9. The Kier molecular flexibility index (Phi) is 6.78. The molecule has 0 aromatic heterocycles. The van der Waals surface area contributed by atoms with Crippen LogP contribution >= 0.6 is 11.9 Å². The highest BCUT2D eigenvalue weighted by Crippen LogP contribution is 2.48. The molecule has 162 valence electrons. The van der Waals surface area contributed by atoms with Crippen molar-refractivity contribution in [3.05, 3.63) is 41.7 Å². The van der Waals surface area contributed by atoms with Crippen molar-refractivity contribution in [1.82, 2.24) is 10.0 Å². The van der Waals surface area contributed by atoms with E-state index in [2.05, 4.69) is 16.1 Å². The number of imide groups is 1. The molecule has 4 rings (SSSR count). The van der Waals surface area contributed by atoms with Gasteiger partial charge in [0, 0.05) is 18.1 Å². The van der Waals surface area contributed by atoms with Crippen LogP contribution in [0.15, 0.2) is 30.4 Å². The van der Waals surface area contributed by atoms with E-state index in [-0.39, 0.29) is 29.1 Å². The number of ether oxygens (including phenoxy) is 1. The van der Waals surface area contributed by atoms with E-state index < -0.39 is 0 Å². The molecule has 1 aromatic rings. The van der Waals surface area contributed by atoms with Crippen molar-refractivity contribution in [1.29, 1.82) is 0 Å². The number of halogens is 1. The third kappa shape index (κ3) is 5.64. The summed E-state index contributed by atoms with van der Waals surface area (Å²) in [5.74, 6) is 1.19. The number of rotatable bonds is 11. The van der Waals surface area contributed by atoms with Crippen LogP contribution in [-0.2, 0) is 15.1 Å². The second-order valence-electron chi connectivity index (χ2n) is 8.58. The van der Waals surface area contributed by atoms with Gasteiger partial charge in [0.05, 0.1) is 12.1 Å². The summed E-state index contributed by atoms with van der Waals surface area (Å²) in [6.07, 6.45) is 11.2. The predicted molar refractivity (Wildman–Crippen MR) is 115 cm³/mol. The average Bonchev–Trinajstić information content (AvgIpc) is 3.64. The summed E-state index contributed by atoms with van der Waals surface area (Å²) in [6.45, 7) is 0.612. The van der Waals surface area contributed by atoms with Gasteiger partial charge in [0.25, 0.3) is 0 Å². The first-order valence-corrected chi connectivity index (χ1v) is 11.8. The summed E-state index contributed by atoms with van der Waals surface area (Å²) in [4.78, 5) is 22.9. The van der Waals surface area contributed by atoms with Crippen LogP contribution in [0.4, 0.5) is 4.39 Å². The fraction of sp³-hybridized carbons (Fsp3) is 0.565. The molecular formula is C23H29FN2O3S. The van der Waals surface area contributed by atoms with E-state index in [1.54, 1.807) is 11.9 Å². The van der Waals surface area contributed by atoms with E-state index in [4.69, 9.17) is 4.74 Å². The van der Waals surface area contributed by atoms with Gasteiger partial charge in [0.1, 0.15) is 0 Å². The first-order chi connectivity index (χ1) is 14.6. The second kappa shape index (κ2) is 9.52. The smallest absolute Gasteiger partial charge is 0.229 e. The van der Waals surface area contributed by atoms with Gasteiger partial charge in [0.15, 0.2) is 11.6 Å². The van der Waals surface area contributed by atoms with Gasteiger partial charge in [-0.3, -0.25) is 19.6 Å². The molecular weight excluding hydrogens is 403 g/mol. The van der Waals surface area contributed by atoms with Crippen LogP contribution in [0, 0.1) is 17.7 Å². The van der Waals surface area contributed by atoms with E-state index in [0.717, 1.165) is 30.6 Å². The number of benzene rings is 1. The van der Waals surface area contributed by atoms with Crippen molar-refractivity contribution < 1.29 is 18.7 Å². The minimum absolute atomic E-state index is 0.0769. The SMILES string of the molecule is O=C1CCC(C/C=C/CCSNC2(c3ccc(F)c(OCC4CC4)c3)CC2)C(=O)N1. The van der Waals surface area contributed by atoms with Gasteiger partial charge in [-0.05, 0) is 68.6 Å². The van der Waals surface area contributed by atoms with E-state index in [0.29, 0.717) is 37.5 Å². The van der Waals surface area contributed by atoms with E-state index in [1.807, 2.05) is 18.2 Å². The van der Waals surface area contributed by atoms with Gasteiger partial charge in [-0.15, -0.1) is 0 Å². The highest BCUT2D eigenvalue weighted by Gasteiger charge is 2.44. The molecule has 2 saturated carbocycles. The molecule has 1 unspecified atom stereocenters. The molecule has 1 saturated heterocycles. The van der Waals surface area contributed by atoms with Gasteiger partial charge >= 0.3 is 0 Å². The number of allylic oxidation sites excluding steroid dienone is 2. The van der Waals surface area contributed by atoms with Crippen LogP contribution in [-0.4, -0.2) is 24.2 Å². The lowest BCUT2D eigenvalue weighted by Gasteiger charge is -2.19. The quantitative estimate of drug-likeness (QED) is 0.237. The molecule has 0 spiro atoms. The van der Waals surface area contributed by atoms with Crippen LogP contribution in [0.3, 0.4) is 0 Å². The molecule has 2 amide bonds. The first kappa shape index (κ1) is 21.4. The molecule has 1 atom stereocenters. The molecule has 1 aromatic carbocycles. The molecule has 0 bridgehead atoms. The highest BCUT2D eigenvalue weighted by molar-refractivity contribution is 7.97. The summed E-state index contributed by atoms with van der Waals surface area (Å²) in [5.41, 5.74) is 1.02. The lowest BCUT2D eigenvalue weighted by Crippen LogP contribution is -2.40. The molecule has 5 nitrogen and oxygen atoms in total. The van der Waals surface area contributed by atoms with Crippen LogP contribution in [0.1, 0.15) is 56.9 Å². The maximum absolute atomic E-state index is 14.1. The molecule has 0 radical (unpaired) electrons. The van der Waals surface area contributed by atoms with Gasteiger partial charge in [-0.2, -0.15) is 0 Å². The van der Waals surface area contributed by atoms with Crippen molar-refractivity contribution in [2.45, 2.75) is 56.9 Å². The van der Waals surface area contributed by atoms with E-state index in [9.17, 15) is 14.0 Å². The molecule has 1 aliphatic heterocycles. The topological polar surface area (TPSA) is 67.4 Å². The molecule has 30 heavy (non-hydrogen) atoms. The maximum atomic E-state index is 14.1. The highest BCUT2D eigenvalue weighted by atomic mass is 32.2. The van der Waals surface area contributed by atoms with Crippen molar-refractivity contribution in [2.24, 2.45) is 11.8 Å². The summed E-state index contributed by atoms with van der Waals surface area (Å²) < 4.78 is 23.3. The fourth-order valence-corrected chi connectivity index (χ4v) is 4.59. The standard InChI is InChI=1S/C23H29FN2O3S/c24-19-9-8-18(14-20(19)29-15-16-5-6-16)23(11-12-23)26-30-13-3-1-2-4-17-7-10-21(27)25-22(17)28/h1-2,8-9,14,16-17,26H,3-7,10-13,15H2,(H,25,27,28)/b2-1+. The van der Waals surface area contributed by atoms with Crippen molar-refractivity contribution in [2.75, 3.05) is 12.4 Å². The van der Waals surface area contributed by atoms with Crippen LogP contribution in [0.25, 0.3) is 0 Å². The largest absolute Gasteiger partial charge is 0.490 e. The first-order valence-electron chi connectivity index (χ1n) is 10.9. The summed E-state index contributed by atoms with van der Waals surface area (Å²) >= 11 is 1.68. The minimum Gasteiger partial charge on any atom is -0.490 e. The van der Waals surface area contributed by atoms with Crippen LogP contribution in [0.2, 0.25) is 0 Å². The van der Waals surface area contributed by atoms with Gasteiger partial charge in [0.2, 0.25) is 11.8 Å². The number of hydrogen-bond acceptors (Lipinski definition) is 5. The fourth-order valence-electron chi connectivity index (χ4n) is 3.64. The molecule has 7 heteroatoms. The van der Waals surface area contributed by atoms with E-state index >= 15 is 0 Å². The molecule has 2 N–H and O–H groups in total. The molecule has 3 fully saturated rings. The Labute approximate surface area is 181 Å². The van der Waals surface area contributed by atoms with Crippen LogP contribution < -0.4 is 14.8 Å². The molecule has 2 aliphatic carbocycles. The Balaban J connectivity index is 1.18. The summed E-state index contributed by atoms with van der Waals surface area (Å²) in [7, 11) is 0. The summed E-state index contributed by atoms with van der Waals surface area (Å²) in [6, 6.07) is 5.24. The Hall–Kier alpha value is -1.86.